The zero-order chi connectivity index (χ0) is 13.2. The number of nitrogens with zero attached hydrogens (tertiary/aromatic N) is 4. The van der Waals surface area contributed by atoms with Gasteiger partial charge in [0.25, 0.3) is 5.91 Å². The number of carbonyl (C=O) groups is 1. The second kappa shape index (κ2) is 8.20. The number of aromatic nitrogens is 1. The van der Waals surface area contributed by atoms with Gasteiger partial charge < -0.3 is 9.88 Å². The lowest BCUT2D eigenvalue weighted by Gasteiger charge is -2.08. The van der Waals surface area contributed by atoms with Crippen LogP contribution in [0.1, 0.15) is 36.7 Å². The van der Waals surface area contributed by atoms with Gasteiger partial charge in [-0.2, -0.15) is 0 Å². The van der Waals surface area contributed by atoms with Crippen LogP contribution >= 0.6 is 0 Å². The smallest absolute Gasteiger partial charge is 0.267 e. The SMILES string of the molecule is CCCn1cccc1C(=O)NCCCCN=[N+]=[N-]. The van der Waals surface area contributed by atoms with Gasteiger partial charge in [0, 0.05) is 30.7 Å². The van der Waals surface area contributed by atoms with E-state index < -0.39 is 0 Å². The summed E-state index contributed by atoms with van der Waals surface area (Å²) in [5.41, 5.74) is 8.80. The van der Waals surface area contributed by atoms with Crippen molar-refractivity contribution in [1.29, 1.82) is 0 Å². The van der Waals surface area contributed by atoms with Crippen LogP contribution in [-0.2, 0) is 6.54 Å². The number of rotatable bonds is 8. The van der Waals surface area contributed by atoms with Crippen molar-refractivity contribution in [2.75, 3.05) is 13.1 Å². The van der Waals surface area contributed by atoms with Gasteiger partial charge in [-0.15, -0.1) is 0 Å². The standard InChI is InChI=1S/C12H19N5O/c1-2-9-17-10-5-6-11(17)12(18)14-7-3-4-8-15-16-13/h5-6,10H,2-4,7-9H2,1H3,(H,14,18). The molecule has 1 N–H and O–H groups in total. The Hall–Kier alpha value is -1.94. The summed E-state index contributed by atoms with van der Waals surface area (Å²) >= 11 is 0. The van der Waals surface area contributed by atoms with E-state index in [1.807, 2.05) is 22.9 Å². The van der Waals surface area contributed by atoms with E-state index in [-0.39, 0.29) is 5.91 Å². The third-order valence-electron chi connectivity index (χ3n) is 2.56. The first-order valence-electron chi connectivity index (χ1n) is 6.23. The summed E-state index contributed by atoms with van der Waals surface area (Å²) in [6.07, 6.45) is 4.53. The molecule has 18 heavy (non-hydrogen) atoms. The average Bonchev–Trinajstić information content (AvgIpc) is 2.82. The van der Waals surface area contributed by atoms with Crippen LogP contribution in [0.3, 0.4) is 0 Å². The van der Waals surface area contributed by atoms with Gasteiger partial charge in [0.15, 0.2) is 0 Å². The van der Waals surface area contributed by atoms with E-state index in [1.54, 1.807) is 0 Å². The maximum atomic E-state index is 11.9. The molecule has 0 aliphatic heterocycles. The van der Waals surface area contributed by atoms with Gasteiger partial charge in [-0.3, -0.25) is 4.79 Å². The van der Waals surface area contributed by atoms with E-state index >= 15 is 0 Å². The first kappa shape index (κ1) is 14.1. The topological polar surface area (TPSA) is 82.8 Å². The molecular formula is C12H19N5O. The minimum Gasteiger partial charge on any atom is -0.351 e. The molecule has 1 amide bonds. The lowest BCUT2D eigenvalue weighted by atomic mass is 10.3. The fourth-order valence-corrected chi connectivity index (χ4v) is 1.70. The summed E-state index contributed by atoms with van der Waals surface area (Å²) in [4.78, 5) is 14.6. The van der Waals surface area contributed by atoms with Crippen LogP contribution in [0.15, 0.2) is 23.4 Å². The molecule has 1 rings (SSSR count). The fourth-order valence-electron chi connectivity index (χ4n) is 1.70. The van der Waals surface area contributed by atoms with Gasteiger partial charge in [0.1, 0.15) is 5.69 Å². The lowest BCUT2D eigenvalue weighted by molar-refractivity contribution is 0.0943. The summed E-state index contributed by atoms with van der Waals surface area (Å²) < 4.78 is 1.95. The second-order valence-electron chi connectivity index (χ2n) is 4.00. The summed E-state index contributed by atoms with van der Waals surface area (Å²) in [5, 5.41) is 6.31. The van der Waals surface area contributed by atoms with Gasteiger partial charge in [0.05, 0.1) is 0 Å². The van der Waals surface area contributed by atoms with Crippen molar-refractivity contribution in [2.45, 2.75) is 32.7 Å². The van der Waals surface area contributed by atoms with Crippen LogP contribution in [0.4, 0.5) is 0 Å². The maximum Gasteiger partial charge on any atom is 0.267 e. The van der Waals surface area contributed by atoms with Crippen LogP contribution in [0.25, 0.3) is 10.4 Å². The highest BCUT2D eigenvalue weighted by Crippen LogP contribution is 2.03. The van der Waals surface area contributed by atoms with E-state index in [1.165, 1.54) is 0 Å². The van der Waals surface area contributed by atoms with E-state index in [9.17, 15) is 4.79 Å². The summed E-state index contributed by atoms with van der Waals surface area (Å²) in [5.74, 6) is -0.0442. The molecule has 0 fully saturated rings. The van der Waals surface area contributed by atoms with Crippen molar-refractivity contribution in [2.24, 2.45) is 5.11 Å². The third-order valence-corrected chi connectivity index (χ3v) is 2.56. The number of carbonyl (C=O) groups excluding carboxylic acids is 1. The zero-order valence-electron chi connectivity index (χ0n) is 10.7. The molecule has 0 spiro atoms. The number of azide groups is 1. The van der Waals surface area contributed by atoms with E-state index in [2.05, 4.69) is 22.3 Å². The summed E-state index contributed by atoms with van der Waals surface area (Å²) in [6, 6.07) is 3.71. The first-order valence-corrected chi connectivity index (χ1v) is 6.23. The van der Waals surface area contributed by atoms with Crippen LogP contribution in [0.2, 0.25) is 0 Å². The molecule has 1 aromatic heterocycles. The third kappa shape index (κ3) is 4.51. The van der Waals surface area contributed by atoms with Gasteiger partial charge >= 0.3 is 0 Å². The number of nitrogens with one attached hydrogen (secondary N) is 1. The van der Waals surface area contributed by atoms with Crippen LogP contribution in [0.5, 0.6) is 0 Å². The molecular weight excluding hydrogens is 230 g/mol. The Morgan fingerprint density at radius 2 is 2.39 bits per heavy atom. The Kier molecular flexibility index (Phi) is 6.43. The molecule has 1 aromatic rings. The number of unbranched alkanes of at least 4 members (excludes halogenated alkanes) is 1. The summed E-state index contributed by atoms with van der Waals surface area (Å²) in [7, 11) is 0. The van der Waals surface area contributed by atoms with Gasteiger partial charge in [-0.1, -0.05) is 12.0 Å². The molecule has 98 valence electrons. The number of aryl methyl sites for hydroxylation is 1. The molecule has 0 aliphatic carbocycles. The molecule has 0 atom stereocenters. The molecule has 0 aliphatic rings. The Morgan fingerprint density at radius 3 is 3.11 bits per heavy atom. The monoisotopic (exact) mass is 249 g/mol. The number of hydrogen-bond donors (Lipinski definition) is 1. The fraction of sp³-hybridized carbons (Fsp3) is 0.583. The van der Waals surface area contributed by atoms with E-state index in [4.69, 9.17) is 5.53 Å². The molecule has 0 saturated carbocycles. The van der Waals surface area contributed by atoms with Gasteiger partial charge in [-0.25, -0.2) is 0 Å². The normalized spacial score (nSPS) is 9.83. The van der Waals surface area contributed by atoms with Crippen molar-refractivity contribution in [3.8, 4) is 0 Å². The van der Waals surface area contributed by atoms with Gasteiger partial charge in [-0.05, 0) is 36.9 Å². The quantitative estimate of drug-likeness (QED) is 0.327. The average molecular weight is 249 g/mol. The number of hydrogen-bond acceptors (Lipinski definition) is 2. The highest BCUT2D eigenvalue weighted by Gasteiger charge is 2.08. The Balaban J connectivity index is 2.31. The Bertz CT molecular complexity index is 420. The lowest BCUT2D eigenvalue weighted by Crippen LogP contribution is -2.26. The van der Waals surface area contributed by atoms with Crippen molar-refractivity contribution in [3.05, 3.63) is 34.5 Å². The van der Waals surface area contributed by atoms with Crippen molar-refractivity contribution in [1.82, 2.24) is 9.88 Å². The molecule has 0 bridgehead atoms. The predicted octanol–water partition coefficient (Wildman–Crippen LogP) is 2.72. The minimum atomic E-state index is -0.0442. The maximum absolute atomic E-state index is 11.9. The molecule has 6 nitrogen and oxygen atoms in total. The highest BCUT2D eigenvalue weighted by atomic mass is 16.1. The van der Waals surface area contributed by atoms with Crippen LogP contribution < -0.4 is 5.32 Å². The largest absolute Gasteiger partial charge is 0.351 e. The Labute approximate surface area is 107 Å². The second-order valence-corrected chi connectivity index (χ2v) is 4.00. The zero-order valence-corrected chi connectivity index (χ0v) is 10.7. The molecule has 6 heteroatoms. The van der Waals surface area contributed by atoms with E-state index in [0.717, 1.165) is 25.8 Å². The molecule has 0 unspecified atom stereocenters. The number of amides is 1. The predicted molar refractivity (Wildman–Crippen MR) is 70.3 cm³/mol. The molecule has 0 saturated heterocycles. The van der Waals surface area contributed by atoms with Crippen LogP contribution in [0, 0.1) is 0 Å². The molecule has 0 aromatic carbocycles. The van der Waals surface area contributed by atoms with E-state index in [0.29, 0.717) is 18.8 Å². The minimum absolute atomic E-state index is 0.0442. The molecule has 1 heterocycles. The Morgan fingerprint density at radius 1 is 1.56 bits per heavy atom. The van der Waals surface area contributed by atoms with Crippen LogP contribution in [-0.4, -0.2) is 23.6 Å². The van der Waals surface area contributed by atoms with Crippen molar-refractivity contribution >= 4 is 5.91 Å². The first-order chi connectivity index (χ1) is 8.79. The van der Waals surface area contributed by atoms with Gasteiger partial charge in [0.2, 0.25) is 0 Å². The van der Waals surface area contributed by atoms with Crippen molar-refractivity contribution in [3.63, 3.8) is 0 Å². The van der Waals surface area contributed by atoms with Crippen molar-refractivity contribution < 1.29 is 4.79 Å². The molecule has 0 radical (unpaired) electrons. The summed E-state index contributed by atoms with van der Waals surface area (Å²) in [6.45, 7) is 4.03. The highest BCUT2D eigenvalue weighted by molar-refractivity contribution is 5.92.